The van der Waals surface area contributed by atoms with Crippen LogP contribution >= 0.6 is 0 Å². The lowest BCUT2D eigenvalue weighted by Gasteiger charge is -2.20. The number of benzene rings is 1. The first-order valence-corrected chi connectivity index (χ1v) is 7.22. The Balaban J connectivity index is 2.00. The Hall–Kier alpha value is -0.970. The van der Waals surface area contributed by atoms with Gasteiger partial charge in [0.05, 0.1) is 0 Å². The van der Waals surface area contributed by atoms with Gasteiger partial charge in [-0.25, -0.2) is 4.39 Å². The highest BCUT2D eigenvalue weighted by Gasteiger charge is 2.32. The summed E-state index contributed by atoms with van der Waals surface area (Å²) in [5, 5.41) is 9.53. The second-order valence-electron chi connectivity index (χ2n) is 6.23. The van der Waals surface area contributed by atoms with Crippen LogP contribution in [0.2, 0.25) is 0 Å². The van der Waals surface area contributed by atoms with E-state index in [-0.39, 0.29) is 12.4 Å². The largest absolute Gasteiger partial charge is 0.396 e. The van der Waals surface area contributed by atoms with E-state index < -0.39 is 0 Å². The molecule has 0 bridgehead atoms. The van der Waals surface area contributed by atoms with Crippen LogP contribution in [-0.4, -0.2) is 55.2 Å². The first kappa shape index (κ1) is 15.4. The third-order valence-corrected chi connectivity index (χ3v) is 4.18. The molecule has 0 unspecified atom stereocenters. The van der Waals surface area contributed by atoms with Crippen molar-refractivity contribution >= 4 is 0 Å². The Kier molecular flexibility index (Phi) is 5.13. The van der Waals surface area contributed by atoms with Gasteiger partial charge in [-0.3, -0.25) is 4.90 Å². The molecular formula is C16H25FN2O. The third kappa shape index (κ3) is 3.78. The van der Waals surface area contributed by atoms with Crippen LogP contribution in [0.3, 0.4) is 0 Å². The molecule has 1 heterocycles. The molecule has 1 N–H and O–H groups in total. The van der Waals surface area contributed by atoms with Crippen molar-refractivity contribution in [1.29, 1.82) is 0 Å². The standard InChI is InChI=1S/C16H25FN2O/c1-12-6-16(17)5-4-13(12)8-19-9-14(7-18(2)3)15(10-19)11-20/h4-6,14-15,20H,7-11H2,1-3H3/t14-,15-/m1/s1. The highest BCUT2D eigenvalue weighted by atomic mass is 19.1. The van der Waals surface area contributed by atoms with E-state index in [1.807, 2.05) is 13.0 Å². The molecule has 0 radical (unpaired) electrons. The number of hydrogen-bond donors (Lipinski definition) is 1. The SMILES string of the molecule is Cc1cc(F)ccc1CN1C[C@@H](CN(C)C)[C@@H](CO)C1. The maximum atomic E-state index is 13.1. The molecule has 1 fully saturated rings. The monoisotopic (exact) mass is 280 g/mol. The number of halogens is 1. The molecule has 1 aliphatic rings. The lowest BCUT2D eigenvalue weighted by Crippen LogP contribution is -2.28. The van der Waals surface area contributed by atoms with E-state index >= 15 is 0 Å². The summed E-state index contributed by atoms with van der Waals surface area (Å²) in [4.78, 5) is 4.55. The molecule has 0 aliphatic carbocycles. The molecule has 4 heteroatoms. The number of hydrogen-bond acceptors (Lipinski definition) is 3. The number of nitrogens with zero attached hydrogens (tertiary/aromatic N) is 2. The fourth-order valence-corrected chi connectivity index (χ4v) is 3.13. The third-order valence-electron chi connectivity index (χ3n) is 4.18. The summed E-state index contributed by atoms with van der Waals surface area (Å²) in [5.74, 6) is 0.681. The van der Waals surface area contributed by atoms with Crippen LogP contribution in [0.25, 0.3) is 0 Å². The number of aliphatic hydroxyl groups excluding tert-OH is 1. The number of rotatable bonds is 5. The van der Waals surface area contributed by atoms with Crippen molar-refractivity contribution in [2.45, 2.75) is 13.5 Å². The van der Waals surface area contributed by atoms with Crippen molar-refractivity contribution < 1.29 is 9.50 Å². The minimum Gasteiger partial charge on any atom is -0.396 e. The zero-order chi connectivity index (χ0) is 14.7. The van der Waals surface area contributed by atoms with Crippen molar-refractivity contribution in [2.75, 3.05) is 40.3 Å². The first-order valence-electron chi connectivity index (χ1n) is 7.22. The van der Waals surface area contributed by atoms with E-state index in [1.54, 1.807) is 6.07 Å². The molecule has 20 heavy (non-hydrogen) atoms. The van der Waals surface area contributed by atoms with Gasteiger partial charge in [-0.1, -0.05) is 6.07 Å². The first-order chi connectivity index (χ1) is 9.49. The maximum Gasteiger partial charge on any atom is 0.123 e. The van der Waals surface area contributed by atoms with Crippen LogP contribution in [0.1, 0.15) is 11.1 Å². The lowest BCUT2D eigenvalue weighted by atomic mass is 9.97. The minimum absolute atomic E-state index is 0.175. The summed E-state index contributed by atoms with van der Waals surface area (Å²) in [7, 11) is 4.14. The molecule has 0 spiro atoms. The van der Waals surface area contributed by atoms with Crippen LogP contribution < -0.4 is 0 Å². The maximum absolute atomic E-state index is 13.1. The van der Waals surface area contributed by atoms with Gasteiger partial charge in [-0.2, -0.15) is 0 Å². The Morgan fingerprint density at radius 2 is 2.00 bits per heavy atom. The molecule has 1 aromatic carbocycles. The molecule has 112 valence electrons. The van der Waals surface area contributed by atoms with Crippen molar-refractivity contribution in [3.05, 3.63) is 35.1 Å². The van der Waals surface area contributed by atoms with E-state index in [0.717, 1.165) is 31.7 Å². The summed E-state index contributed by atoms with van der Waals surface area (Å²) < 4.78 is 13.1. The summed E-state index contributed by atoms with van der Waals surface area (Å²) in [6.07, 6.45) is 0. The summed E-state index contributed by atoms with van der Waals surface area (Å²) >= 11 is 0. The van der Waals surface area contributed by atoms with Crippen LogP contribution in [0.15, 0.2) is 18.2 Å². The molecule has 0 aromatic heterocycles. The van der Waals surface area contributed by atoms with Crippen LogP contribution in [-0.2, 0) is 6.54 Å². The zero-order valence-corrected chi connectivity index (χ0v) is 12.6. The van der Waals surface area contributed by atoms with E-state index in [9.17, 15) is 9.50 Å². The second kappa shape index (κ2) is 6.66. The van der Waals surface area contributed by atoms with Gasteiger partial charge in [-0.05, 0) is 56.1 Å². The zero-order valence-electron chi connectivity index (χ0n) is 12.6. The molecule has 1 saturated heterocycles. The Labute approximate surface area is 121 Å². The van der Waals surface area contributed by atoms with Crippen molar-refractivity contribution in [3.8, 4) is 0 Å². The topological polar surface area (TPSA) is 26.7 Å². The van der Waals surface area contributed by atoms with E-state index in [2.05, 4.69) is 23.9 Å². The molecule has 2 rings (SSSR count). The average molecular weight is 280 g/mol. The quantitative estimate of drug-likeness (QED) is 0.890. The van der Waals surface area contributed by atoms with E-state index in [1.165, 1.54) is 11.6 Å². The van der Waals surface area contributed by atoms with Gasteiger partial charge in [0.1, 0.15) is 5.82 Å². The Bertz CT molecular complexity index is 450. The van der Waals surface area contributed by atoms with Crippen LogP contribution in [0.4, 0.5) is 4.39 Å². The predicted octanol–water partition coefficient (Wildman–Crippen LogP) is 1.74. The van der Waals surface area contributed by atoms with E-state index in [4.69, 9.17) is 0 Å². The van der Waals surface area contributed by atoms with E-state index in [0.29, 0.717) is 11.8 Å². The normalized spacial score (nSPS) is 23.7. The lowest BCUT2D eigenvalue weighted by molar-refractivity contribution is 0.183. The molecule has 2 atom stereocenters. The van der Waals surface area contributed by atoms with Gasteiger partial charge in [0.2, 0.25) is 0 Å². The average Bonchev–Trinajstić information content (AvgIpc) is 2.74. The number of aliphatic hydroxyl groups is 1. The molecule has 1 aliphatic heterocycles. The van der Waals surface area contributed by atoms with Gasteiger partial charge in [0.15, 0.2) is 0 Å². The van der Waals surface area contributed by atoms with Gasteiger partial charge in [0, 0.05) is 32.8 Å². The molecular weight excluding hydrogens is 255 g/mol. The molecule has 0 saturated carbocycles. The molecule has 1 aromatic rings. The minimum atomic E-state index is -0.175. The summed E-state index contributed by atoms with van der Waals surface area (Å²) in [6.45, 7) is 5.97. The van der Waals surface area contributed by atoms with Crippen LogP contribution in [0.5, 0.6) is 0 Å². The predicted molar refractivity (Wildman–Crippen MR) is 79.0 cm³/mol. The van der Waals surface area contributed by atoms with Gasteiger partial charge >= 0.3 is 0 Å². The fraction of sp³-hybridized carbons (Fsp3) is 0.625. The van der Waals surface area contributed by atoms with Crippen LogP contribution in [0, 0.1) is 24.6 Å². The number of aryl methyl sites for hydroxylation is 1. The van der Waals surface area contributed by atoms with Gasteiger partial charge < -0.3 is 10.0 Å². The highest BCUT2D eigenvalue weighted by Crippen LogP contribution is 2.26. The van der Waals surface area contributed by atoms with Gasteiger partial charge in [-0.15, -0.1) is 0 Å². The Morgan fingerprint density at radius 3 is 2.60 bits per heavy atom. The van der Waals surface area contributed by atoms with Crippen molar-refractivity contribution in [3.63, 3.8) is 0 Å². The summed E-state index contributed by atoms with van der Waals surface area (Å²) in [6, 6.07) is 4.99. The highest BCUT2D eigenvalue weighted by molar-refractivity contribution is 5.26. The van der Waals surface area contributed by atoms with Gasteiger partial charge in [0.25, 0.3) is 0 Å². The van der Waals surface area contributed by atoms with Crippen molar-refractivity contribution in [2.24, 2.45) is 11.8 Å². The molecule has 3 nitrogen and oxygen atoms in total. The fourth-order valence-electron chi connectivity index (χ4n) is 3.13. The number of likely N-dealkylation sites (tertiary alicyclic amines) is 1. The Morgan fingerprint density at radius 1 is 1.30 bits per heavy atom. The summed E-state index contributed by atoms with van der Waals surface area (Å²) in [5.41, 5.74) is 2.18. The van der Waals surface area contributed by atoms with Crippen molar-refractivity contribution in [1.82, 2.24) is 9.80 Å². The second-order valence-corrected chi connectivity index (χ2v) is 6.23. The smallest absolute Gasteiger partial charge is 0.123 e. The molecule has 0 amide bonds.